The normalized spacial score (nSPS) is 11.3. The van der Waals surface area contributed by atoms with Crippen LogP contribution in [0.1, 0.15) is 20.3 Å². The summed E-state index contributed by atoms with van der Waals surface area (Å²) in [5.74, 6) is 0.676. The second-order valence-corrected chi connectivity index (χ2v) is 4.97. The monoisotopic (exact) mass is 263 g/mol. The van der Waals surface area contributed by atoms with Crippen molar-refractivity contribution < 1.29 is 9.15 Å². The van der Waals surface area contributed by atoms with E-state index >= 15 is 0 Å². The molecule has 0 saturated carbocycles. The maximum absolute atomic E-state index is 5.68. The number of benzene rings is 1. The Hall–Kier alpha value is -1.75. The molecule has 0 bridgehead atoms. The SMILES string of the molecule is CC(C)CCOCCNc1nc2ccc(N)cc2o1. The molecule has 5 heteroatoms. The Balaban J connectivity index is 1.75. The zero-order valence-corrected chi connectivity index (χ0v) is 11.5. The van der Waals surface area contributed by atoms with E-state index in [4.69, 9.17) is 14.9 Å². The summed E-state index contributed by atoms with van der Waals surface area (Å²) in [7, 11) is 0. The van der Waals surface area contributed by atoms with E-state index in [1.54, 1.807) is 6.07 Å². The minimum absolute atomic E-state index is 0.507. The molecule has 2 rings (SSSR count). The highest BCUT2D eigenvalue weighted by molar-refractivity contribution is 5.77. The van der Waals surface area contributed by atoms with E-state index in [2.05, 4.69) is 24.1 Å². The molecule has 0 aliphatic carbocycles. The Labute approximate surface area is 113 Å². The maximum Gasteiger partial charge on any atom is 0.295 e. The molecule has 1 aromatic heterocycles. The van der Waals surface area contributed by atoms with Gasteiger partial charge in [-0.1, -0.05) is 13.8 Å². The van der Waals surface area contributed by atoms with Gasteiger partial charge in [-0.25, -0.2) is 0 Å². The summed E-state index contributed by atoms with van der Waals surface area (Å²) in [6.07, 6.45) is 1.09. The van der Waals surface area contributed by atoms with E-state index in [1.807, 2.05) is 12.1 Å². The van der Waals surface area contributed by atoms with Crippen LogP contribution >= 0.6 is 0 Å². The number of nitrogens with one attached hydrogen (secondary N) is 1. The third kappa shape index (κ3) is 4.13. The lowest BCUT2D eigenvalue weighted by atomic mass is 10.1. The van der Waals surface area contributed by atoms with Gasteiger partial charge in [-0.15, -0.1) is 0 Å². The van der Waals surface area contributed by atoms with Crippen molar-refractivity contribution in [2.24, 2.45) is 5.92 Å². The average Bonchev–Trinajstić information content (AvgIpc) is 2.75. The number of anilines is 2. The lowest BCUT2D eigenvalue weighted by molar-refractivity contribution is 0.132. The summed E-state index contributed by atoms with van der Waals surface area (Å²) in [4.78, 5) is 4.31. The number of hydrogen-bond donors (Lipinski definition) is 2. The Morgan fingerprint density at radius 3 is 3.00 bits per heavy atom. The first-order chi connectivity index (χ1) is 9.15. The molecule has 0 aliphatic rings. The van der Waals surface area contributed by atoms with Crippen LogP contribution in [0.5, 0.6) is 0 Å². The lowest BCUT2D eigenvalue weighted by Crippen LogP contribution is -2.10. The molecule has 1 heterocycles. The molecule has 3 N–H and O–H groups in total. The highest BCUT2D eigenvalue weighted by atomic mass is 16.5. The Morgan fingerprint density at radius 1 is 1.37 bits per heavy atom. The van der Waals surface area contributed by atoms with Crippen LogP contribution in [0.15, 0.2) is 22.6 Å². The molecular formula is C14H21N3O2. The molecule has 19 heavy (non-hydrogen) atoms. The van der Waals surface area contributed by atoms with Crippen molar-refractivity contribution in [2.75, 3.05) is 30.8 Å². The fourth-order valence-electron chi connectivity index (χ4n) is 1.67. The predicted octanol–water partition coefficient (Wildman–Crippen LogP) is 2.88. The van der Waals surface area contributed by atoms with Crippen LogP contribution in [-0.4, -0.2) is 24.7 Å². The van der Waals surface area contributed by atoms with Crippen LogP contribution < -0.4 is 11.1 Å². The van der Waals surface area contributed by atoms with Crippen molar-refractivity contribution in [3.05, 3.63) is 18.2 Å². The van der Waals surface area contributed by atoms with Crippen LogP contribution in [0, 0.1) is 5.92 Å². The molecular weight excluding hydrogens is 242 g/mol. The summed E-state index contributed by atoms with van der Waals surface area (Å²) in [6.45, 7) is 6.49. The van der Waals surface area contributed by atoms with Gasteiger partial charge in [0.1, 0.15) is 5.52 Å². The summed E-state index contributed by atoms with van der Waals surface area (Å²) >= 11 is 0. The van der Waals surface area contributed by atoms with E-state index in [9.17, 15) is 0 Å². The fourth-order valence-corrected chi connectivity index (χ4v) is 1.67. The molecule has 0 unspecified atom stereocenters. The number of hydrogen-bond acceptors (Lipinski definition) is 5. The third-order valence-corrected chi connectivity index (χ3v) is 2.77. The largest absolute Gasteiger partial charge is 0.423 e. The highest BCUT2D eigenvalue weighted by Gasteiger charge is 2.04. The first kappa shape index (κ1) is 13.7. The molecule has 0 amide bonds. The van der Waals surface area contributed by atoms with Gasteiger partial charge in [0.25, 0.3) is 6.01 Å². The van der Waals surface area contributed by atoms with Crippen LogP contribution in [0.4, 0.5) is 11.7 Å². The summed E-state index contributed by atoms with van der Waals surface area (Å²) in [5, 5.41) is 3.10. The highest BCUT2D eigenvalue weighted by Crippen LogP contribution is 2.20. The third-order valence-electron chi connectivity index (χ3n) is 2.77. The Kier molecular flexibility index (Phi) is 4.63. The molecule has 2 aromatic rings. The molecule has 0 aliphatic heterocycles. The molecule has 1 aromatic carbocycles. The van der Waals surface area contributed by atoms with Gasteiger partial charge in [-0.05, 0) is 24.5 Å². The number of nitrogens with zero attached hydrogens (tertiary/aromatic N) is 1. The smallest absolute Gasteiger partial charge is 0.295 e. The molecule has 0 spiro atoms. The van der Waals surface area contributed by atoms with Gasteiger partial charge in [-0.3, -0.25) is 0 Å². The number of fused-ring (bicyclic) bond motifs is 1. The molecule has 0 atom stereocenters. The standard InChI is InChI=1S/C14H21N3O2/c1-10(2)5-7-18-8-6-16-14-17-12-4-3-11(15)9-13(12)19-14/h3-4,9-10H,5-8,15H2,1-2H3,(H,16,17). The van der Waals surface area contributed by atoms with Gasteiger partial charge in [0.05, 0.1) is 6.61 Å². The zero-order chi connectivity index (χ0) is 13.7. The van der Waals surface area contributed by atoms with Crippen molar-refractivity contribution in [2.45, 2.75) is 20.3 Å². The first-order valence-electron chi connectivity index (χ1n) is 6.63. The second-order valence-electron chi connectivity index (χ2n) is 4.97. The van der Waals surface area contributed by atoms with Gasteiger partial charge in [0.2, 0.25) is 0 Å². The number of oxazole rings is 1. The topological polar surface area (TPSA) is 73.3 Å². The van der Waals surface area contributed by atoms with Crippen molar-refractivity contribution >= 4 is 22.8 Å². The van der Waals surface area contributed by atoms with Gasteiger partial charge >= 0.3 is 0 Å². The minimum Gasteiger partial charge on any atom is -0.423 e. The molecule has 0 radical (unpaired) electrons. The number of ether oxygens (including phenoxy) is 1. The summed E-state index contributed by atoms with van der Waals surface area (Å²) in [6, 6.07) is 5.93. The van der Waals surface area contributed by atoms with Crippen LogP contribution in [0.3, 0.4) is 0 Å². The number of rotatable bonds is 7. The Bertz CT molecular complexity index is 522. The van der Waals surface area contributed by atoms with Crippen molar-refractivity contribution in [3.63, 3.8) is 0 Å². The lowest BCUT2D eigenvalue weighted by Gasteiger charge is -2.06. The van der Waals surface area contributed by atoms with Gasteiger partial charge in [0, 0.05) is 24.9 Å². The number of nitrogens with two attached hydrogens (primary N) is 1. The first-order valence-corrected chi connectivity index (χ1v) is 6.63. The summed E-state index contributed by atoms with van der Waals surface area (Å²) < 4.78 is 11.0. The van der Waals surface area contributed by atoms with E-state index < -0.39 is 0 Å². The molecule has 0 saturated heterocycles. The predicted molar refractivity (Wildman–Crippen MR) is 77.2 cm³/mol. The molecule has 0 fully saturated rings. The maximum atomic E-state index is 5.68. The van der Waals surface area contributed by atoms with E-state index in [1.165, 1.54) is 0 Å². The van der Waals surface area contributed by atoms with Crippen LogP contribution in [0.2, 0.25) is 0 Å². The Morgan fingerprint density at radius 2 is 2.21 bits per heavy atom. The quantitative estimate of drug-likeness (QED) is 0.593. The van der Waals surface area contributed by atoms with Gasteiger partial charge in [-0.2, -0.15) is 4.98 Å². The minimum atomic E-state index is 0.507. The van der Waals surface area contributed by atoms with Crippen LogP contribution in [-0.2, 0) is 4.74 Å². The molecule has 104 valence electrons. The van der Waals surface area contributed by atoms with E-state index in [0.29, 0.717) is 36.4 Å². The van der Waals surface area contributed by atoms with Gasteiger partial charge in [0.15, 0.2) is 5.58 Å². The second kappa shape index (κ2) is 6.43. The number of aromatic nitrogens is 1. The molecule has 5 nitrogen and oxygen atoms in total. The van der Waals surface area contributed by atoms with Crippen molar-refractivity contribution in [1.29, 1.82) is 0 Å². The van der Waals surface area contributed by atoms with Crippen LogP contribution in [0.25, 0.3) is 11.1 Å². The fraction of sp³-hybridized carbons (Fsp3) is 0.500. The zero-order valence-electron chi connectivity index (χ0n) is 11.5. The van der Waals surface area contributed by atoms with E-state index in [-0.39, 0.29) is 0 Å². The van der Waals surface area contributed by atoms with Gasteiger partial charge < -0.3 is 20.2 Å². The average molecular weight is 263 g/mol. The van der Waals surface area contributed by atoms with E-state index in [0.717, 1.165) is 18.5 Å². The number of nitrogen functional groups attached to an aromatic ring is 1. The summed E-state index contributed by atoms with van der Waals surface area (Å²) in [5.41, 5.74) is 7.86. The van der Waals surface area contributed by atoms with Crippen molar-refractivity contribution in [1.82, 2.24) is 4.98 Å². The van der Waals surface area contributed by atoms with Crippen molar-refractivity contribution in [3.8, 4) is 0 Å².